The summed E-state index contributed by atoms with van der Waals surface area (Å²) in [6.45, 7) is 8.07. The lowest BCUT2D eigenvalue weighted by atomic mass is 10.2. The van der Waals surface area contributed by atoms with Gasteiger partial charge in [0.05, 0.1) is 17.7 Å². The maximum Gasteiger partial charge on any atom is 0.180 e. The smallest absolute Gasteiger partial charge is 0.180 e. The molecule has 0 bridgehead atoms. The van der Waals surface area contributed by atoms with E-state index in [-0.39, 0.29) is 6.10 Å². The third-order valence-electron chi connectivity index (χ3n) is 2.93. The summed E-state index contributed by atoms with van der Waals surface area (Å²) < 4.78 is 11.4. The van der Waals surface area contributed by atoms with Gasteiger partial charge in [0.2, 0.25) is 0 Å². The molecule has 0 saturated heterocycles. The van der Waals surface area contributed by atoms with E-state index < -0.39 is 0 Å². The van der Waals surface area contributed by atoms with Gasteiger partial charge in [-0.15, -0.1) is 11.3 Å². The van der Waals surface area contributed by atoms with Crippen LogP contribution in [0, 0.1) is 0 Å². The van der Waals surface area contributed by atoms with Crippen molar-refractivity contribution < 1.29 is 9.47 Å². The number of halogens is 1. The van der Waals surface area contributed by atoms with Crippen molar-refractivity contribution in [3.63, 3.8) is 0 Å². The fraction of sp³-hybridized carbons (Fsp3) is 0.412. The molecule has 22 heavy (non-hydrogen) atoms. The Labute approximate surface area is 141 Å². The Kier molecular flexibility index (Phi) is 6.55. The first kappa shape index (κ1) is 17.1. The molecular formula is C17H22ClNO2S. The molecule has 0 atom stereocenters. The SMILES string of the molecule is CCOc1cc(CNCc2cccs2)cc(Cl)c1OC(C)C. The molecule has 0 aliphatic heterocycles. The molecule has 120 valence electrons. The lowest BCUT2D eigenvalue weighted by Crippen LogP contribution is -2.13. The summed E-state index contributed by atoms with van der Waals surface area (Å²) >= 11 is 8.11. The van der Waals surface area contributed by atoms with Crippen molar-refractivity contribution in [1.29, 1.82) is 0 Å². The van der Waals surface area contributed by atoms with Gasteiger partial charge in [0.25, 0.3) is 0 Å². The minimum Gasteiger partial charge on any atom is -0.490 e. The third-order valence-corrected chi connectivity index (χ3v) is 4.09. The Morgan fingerprint density at radius 3 is 2.73 bits per heavy atom. The Balaban J connectivity index is 2.07. The summed E-state index contributed by atoms with van der Waals surface area (Å²) in [4.78, 5) is 1.32. The Bertz CT molecular complexity index is 585. The second kappa shape index (κ2) is 8.42. The predicted octanol–water partition coefficient (Wildman–Crippen LogP) is 4.88. The molecule has 0 fully saturated rings. The van der Waals surface area contributed by atoms with Gasteiger partial charge >= 0.3 is 0 Å². The van der Waals surface area contributed by atoms with E-state index in [0.717, 1.165) is 18.7 Å². The van der Waals surface area contributed by atoms with E-state index in [9.17, 15) is 0 Å². The van der Waals surface area contributed by atoms with Crippen LogP contribution in [0.2, 0.25) is 5.02 Å². The first-order valence-electron chi connectivity index (χ1n) is 7.45. The van der Waals surface area contributed by atoms with Crippen LogP contribution in [0.4, 0.5) is 0 Å². The van der Waals surface area contributed by atoms with Gasteiger partial charge in [0.1, 0.15) is 0 Å². The summed E-state index contributed by atoms with van der Waals surface area (Å²) in [5.74, 6) is 1.33. The van der Waals surface area contributed by atoms with E-state index in [2.05, 4.69) is 22.8 Å². The van der Waals surface area contributed by atoms with Crippen molar-refractivity contribution in [2.24, 2.45) is 0 Å². The standard InChI is InChI=1S/C17H22ClNO2S/c1-4-20-16-9-13(8-15(18)17(16)21-12(2)3)10-19-11-14-6-5-7-22-14/h5-9,12,19H,4,10-11H2,1-3H3. The molecule has 5 heteroatoms. The van der Waals surface area contributed by atoms with Crippen LogP contribution in [-0.4, -0.2) is 12.7 Å². The molecule has 3 nitrogen and oxygen atoms in total. The third kappa shape index (κ3) is 4.90. The number of hydrogen-bond acceptors (Lipinski definition) is 4. The highest BCUT2D eigenvalue weighted by atomic mass is 35.5. The summed E-state index contributed by atoms with van der Waals surface area (Å²) in [6, 6.07) is 8.11. The van der Waals surface area contributed by atoms with E-state index in [1.807, 2.05) is 32.9 Å². The zero-order valence-electron chi connectivity index (χ0n) is 13.2. The second-order valence-corrected chi connectivity index (χ2v) is 6.63. The molecule has 1 aromatic carbocycles. The normalized spacial score (nSPS) is 11.0. The van der Waals surface area contributed by atoms with Gasteiger partial charge in [0.15, 0.2) is 11.5 Å². The molecule has 0 unspecified atom stereocenters. The highest BCUT2D eigenvalue weighted by Gasteiger charge is 2.14. The minimum absolute atomic E-state index is 0.0551. The van der Waals surface area contributed by atoms with Gasteiger partial charge in [-0.1, -0.05) is 17.7 Å². The van der Waals surface area contributed by atoms with Crippen molar-refractivity contribution in [3.8, 4) is 11.5 Å². The van der Waals surface area contributed by atoms with E-state index in [4.69, 9.17) is 21.1 Å². The molecule has 0 amide bonds. The van der Waals surface area contributed by atoms with Gasteiger partial charge in [0, 0.05) is 18.0 Å². The van der Waals surface area contributed by atoms with Crippen LogP contribution in [0.1, 0.15) is 31.2 Å². The van der Waals surface area contributed by atoms with Crippen LogP contribution in [0.3, 0.4) is 0 Å². The first-order chi connectivity index (χ1) is 10.6. The Hall–Kier alpha value is -1.23. The number of rotatable bonds is 8. The Morgan fingerprint density at radius 1 is 1.27 bits per heavy atom. The zero-order valence-corrected chi connectivity index (χ0v) is 14.8. The summed E-state index contributed by atoms with van der Waals surface area (Å²) in [5.41, 5.74) is 1.08. The largest absolute Gasteiger partial charge is 0.490 e. The molecule has 0 aliphatic carbocycles. The number of ether oxygens (including phenoxy) is 2. The van der Waals surface area contributed by atoms with Gasteiger partial charge < -0.3 is 14.8 Å². The van der Waals surface area contributed by atoms with Crippen LogP contribution in [0.25, 0.3) is 0 Å². The monoisotopic (exact) mass is 339 g/mol. The van der Waals surface area contributed by atoms with E-state index in [0.29, 0.717) is 23.1 Å². The van der Waals surface area contributed by atoms with Crippen LogP contribution in [0.15, 0.2) is 29.6 Å². The molecular weight excluding hydrogens is 318 g/mol. The van der Waals surface area contributed by atoms with Crippen LogP contribution in [0.5, 0.6) is 11.5 Å². The average Bonchev–Trinajstić information content (AvgIpc) is 2.96. The minimum atomic E-state index is 0.0551. The van der Waals surface area contributed by atoms with Gasteiger partial charge in [-0.05, 0) is 49.9 Å². The van der Waals surface area contributed by atoms with Gasteiger partial charge in [-0.25, -0.2) is 0 Å². The van der Waals surface area contributed by atoms with Crippen molar-refractivity contribution in [3.05, 3.63) is 45.1 Å². The maximum absolute atomic E-state index is 6.36. The molecule has 2 aromatic rings. The molecule has 0 saturated carbocycles. The number of nitrogens with one attached hydrogen (secondary N) is 1. The summed E-state index contributed by atoms with van der Waals surface area (Å²) in [5, 5.41) is 6.09. The second-order valence-electron chi connectivity index (χ2n) is 5.19. The van der Waals surface area contributed by atoms with Crippen molar-refractivity contribution in [2.45, 2.75) is 40.0 Å². The summed E-state index contributed by atoms with van der Waals surface area (Å²) in [6.07, 6.45) is 0.0551. The topological polar surface area (TPSA) is 30.5 Å². The van der Waals surface area contributed by atoms with Crippen LogP contribution < -0.4 is 14.8 Å². The Morgan fingerprint density at radius 2 is 2.09 bits per heavy atom. The fourth-order valence-corrected chi connectivity index (χ4v) is 3.03. The summed E-state index contributed by atoms with van der Waals surface area (Å²) in [7, 11) is 0. The lowest BCUT2D eigenvalue weighted by Gasteiger charge is -2.17. The zero-order chi connectivity index (χ0) is 15.9. The highest BCUT2D eigenvalue weighted by molar-refractivity contribution is 7.09. The van der Waals surface area contributed by atoms with Crippen LogP contribution >= 0.6 is 22.9 Å². The average molecular weight is 340 g/mol. The van der Waals surface area contributed by atoms with Crippen LogP contribution in [-0.2, 0) is 13.1 Å². The molecule has 2 rings (SSSR count). The van der Waals surface area contributed by atoms with Crippen molar-refractivity contribution in [1.82, 2.24) is 5.32 Å². The molecule has 1 heterocycles. The van der Waals surface area contributed by atoms with Crippen molar-refractivity contribution in [2.75, 3.05) is 6.61 Å². The first-order valence-corrected chi connectivity index (χ1v) is 8.71. The maximum atomic E-state index is 6.36. The predicted molar refractivity (Wildman–Crippen MR) is 93.2 cm³/mol. The molecule has 0 radical (unpaired) electrons. The molecule has 1 N–H and O–H groups in total. The molecule has 0 aliphatic rings. The number of benzene rings is 1. The number of thiophene rings is 1. The molecule has 0 spiro atoms. The van der Waals surface area contributed by atoms with Gasteiger partial charge in [-0.2, -0.15) is 0 Å². The molecule has 1 aromatic heterocycles. The van der Waals surface area contributed by atoms with E-state index in [1.54, 1.807) is 11.3 Å². The quantitative estimate of drug-likeness (QED) is 0.743. The van der Waals surface area contributed by atoms with Crippen molar-refractivity contribution >= 4 is 22.9 Å². The van der Waals surface area contributed by atoms with E-state index in [1.165, 1.54) is 4.88 Å². The highest BCUT2D eigenvalue weighted by Crippen LogP contribution is 2.37. The fourth-order valence-electron chi connectivity index (χ4n) is 2.08. The van der Waals surface area contributed by atoms with E-state index >= 15 is 0 Å². The lowest BCUT2D eigenvalue weighted by molar-refractivity contribution is 0.224. The number of hydrogen-bond donors (Lipinski definition) is 1. The van der Waals surface area contributed by atoms with Gasteiger partial charge in [-0.3, -0.25) is 0 Å².